The fraction of sp³-hybridized carbons (Fsp3) is 0.0769. The number of nitrogens with zero attached hydrogens (tertiary/aromatic N) is 4. The highest BCUT2D eigenvalue weighted by Gasteiger charge is 2.18. The Labute approximate surface area is 191 Å². The number of aromatic nitrogens is 2. The topological polar surface area (TPSA) is 115 Å². The third-order valence-electron chi connectivity index (χ3n) is 5.10. The Morgan fingerprint density at radius 1 is 0.879 bits per heavy atom. The van der Waals surface area contributed by atoms with Crippen molar-refractivity contribution >= 4 is 11.6 Å². The van der Waals surface area contributed by atoms with Crippen molar-refractivity contribution in [3.8, 4) is 29.0 Å². The third kappa shape index (κ3) is 4.80. The van der Waals surface area contributed by atoms with E-state index in [0.717, 1.165) is 16.8 Å². The molecule has 160 valence electrons. The van der Waals surface area contributed by atoms with E-state index in [1.165, 1.54) is 0 Å². The number of nitriles is 2. The van der Waals surface area contributed by atoms with Crippen LogP contribution in [0.2, 0.25) is 0 Å². The molecule has 0 aliphatic rings. The average molecular weight is 433 g/mol. The molecule has 0 aliphatic carbocycles. The first-order valence-electron chi connectivity index (χ1n) is 10.1. The number of anilines is 2. The molecular formula is C26H19N5O2. The van der Waals surface area contributed by atoms with Crippen molar-refractivity contribution in [2.75, 3.05) is 12.4 Å². The van der Waals surface area contributed by atoms with Gasteiger partial charge < -0.3 is 15.2 Å². The highest BCUT2D eigenvalue weighted by atomic mass is 16.5. The van der Waals surface area contributed by atoms with E-state index in [0.29, 0.717) is 34.1 Å². The molecule has 1 atom stereocenters. The number of rotatable bonds is 6. The number of nitrogens with one attached hydrogen (secondary N) is 1. The molecule has 1 unspecified atom stereocenters. The summed E-state index contributed by atoms with van der Waals surface area (Å²) in [5.74, 6) is 0.842. The van der Waals surface area contributed by atoms with Crippen molar-refractivity contribution in [3.63, 3.8) is 0 Å². The average Bonchev–Trinajstić information content (AvgIpc) is 2.88. The molecule has 0 spiro atoms. The van der Waals surface area contributed by atoms with Gasteiger partial charge in [0.1, 0.15) is 11.9 Å². The maximum atomic E-state index is 11.0. The second kappa shape index (κ2) is 9.61. The Morgan fingerprint density at radius 3 is 2.15 bits per heavy atom. The lowest BCUT2D eigenvalue weighted by molar-refractivity contribution is 0.210. The van der Waals surface area contributed by atoms with Crippen LogP contribution in [0.1, 0.15) is 28.5 Å². The molecule has 0 saturated heterocycles. The van der Waals surface area contributed by atoms with Crippen molar-refractivity contribution in [2.45, 2.75) is 6.10 Å². The zero-order valence-corrected chi connectivity index (χ0v) is 17.7. The smallest absolute Gasteiger partial charge is 0.227 e. The number of aliphatic hydroxyl groups is 1. The van der Waals surface area contributed by atoms with E-state index in [1.54, 1.807) is 61.8 Å². The van der Waals surface area contributed by atoms with Gasteiger partial charge in [0.25, 0.3) is 0 Å². The maximum Gasteiger partial charge on any atom is 0.227 e. The van der Waals surface area contributed by atoms with Gasteiger partial charge in [-0.1, -0.05) is 24.3 Å². The molecule has 0 amide bonds. The number of aliphatic hydroxyl groups excluding tert-OH is 1. The third-order valence-corrected chi connectivity index (χ3v) is 5.10. The molecule has 1 aromatic heterocycles. The van der Waals surface area contributed by atoms with Gasteiger partial charge in [-0.25, -0.2) is 9.97 Å². The molecule has 4 rings (SSSR count). The predicted molar refractivity (Wildman–Crippen MR) is 124 cm³/mol. The maximum absolute atomic E-state index is 11.0. The SMILES string of the molecule is COc1cc(-c2ccc(C#N)cc2)ccc1C(O)c1ccnc(Nc2ccc(C#N)cc2)n1. The monoisotopic (exact) mass is 433 g/mol. The summed E-state index contributed by atoms with van der Waals surface area (Å²) in [6.45, 7) is 0. The highest BCUT2D eigenvalue weighted by molar-refractivity contribution is 5.67. The first-order chi connectivity index (χ1) is 16.1. The molecule has 0 fully saturated rings. The van der Waals surface area contributed by atoms with Gasteiger partial charge in [-0.05, 0) is 59.7 Å². The fourth-order valence-electron chi connectivity index (χ4n) is 3.36. The molecule has 7 heteroatoms. The van der Waals surface area contributed by atoms with E-state index in [2.05, 4.69) is 27.4 Å². The Kier molecular flexibility index (Phi) is 6.26. The van der Waals surface area contributed by atoms with Crippen LogP contribution in [0.5, 0.6) is 5.75 Å². The van der Waals surface area contributed by atoms with Crippen molar-refractivity contribution in [3.05, 3.63) is 101 Å². The zero-order chi connectivity index (χ0) is 23.2. The van der Waals surface area contributed by atoms with Gasteiger partial charge in [0.2, 0.25) is 5.95 Å². The molecule has 33 heavy (non-hydrogen) atoms. The first kappa shape index (κ1) is 21.5. The van der Waals surface area contributed by atoms with Gasteiger partial charge in [-0.15, -0.1) is 0 Å². The van der Waals surface area contributed by atoms with Crippen LogP contribution in [0.15, 0.2) is 79.0 Å². The number of benzene rings is 3. The van der Waals surface area contributed by atoms with Gasteiger partial charge in [0.05, 0.1) is 36.1 Å². The predicted octanol–water partition coefficient (Wildman–Crippen LogP) is 4.72. The van der Waals surface area contributed by atoms with E-state index >= 15 is 0 Å². The van der Waals surface area contributed by atoms with Gasteiger partial charge in [-0.3, -0.25) is 0 Å². The Hall–Kier alpha value is -4.72. The second-order valence-electron chi connectivity index (χ2n) is 7.17. The molecule has 0 radical (unpaired) electrons. The van der Waals surface area contributed by atoms with Crippen LogP contribution in [0.4, 0.5) is 11.6 Å². The fourth-order valence-corrected chi connectivity index (χ4v) is 3.36. The standard InChI is InChI=1S/C26H19N5O2/c1-33-24-14-20(19-6-2-17(15-27)3-7-19)8-11-22(24)25(32)23-12-13-29-26(31-23)30-21-9-4-18(16-28)5-10-21/h2-14,25,32H,1H3,(H,29,30,31). The van der Waals surface area contributed by atoms with Crippen LogP contribution in [-0.4, -0.2) is 22.2 Å². The van der Waals surface area contributed by atoms with E-state index in [9.17, 15) is 5.11 Å². The first-order valence-corrected chi connectivity index (χ1v) is 10.1. The molecule has 0 saturated carbocycles. The molecule has 1 heterocycles. The summed E-state index contributed by atoms with van der Waals surface area (Å²) in [6.07, 6.45) is 0.536. The molecule has 2 N–H and O–H groups in total. The number of hydrogen-bond donors (Lipinski definition) is 2. The largest absolute Gasteiger partial charge is 0.496 e. The van der Waals surface area contributed by atoms with Crippen LogP contribution in [0, 0.1) is 22.7 Å². The molecule has 4 aromatic rings. The summed E-state index contributed by atoms with van der Waals surface area (Å²) in [5, 5.41) is 32.0. The normalized spacial score (nSPS) is 11.2. The summed E-state index contributed by atoms with van der Waals surface area (Å²) in [7, 11) is 1.55. The van der Waals surface area contributed by atoms with Crippen LogP contribution < -0.4 is 10.1 Å². The Balaban J connectivity index is 1.59. The number of hydrogen-bond acceptors (Lipinski definition) is 7. The molecule has 0 aliphatic heterocycles. The van der Waals surface area contributed by atoms with Gasteiger partial charge >= 0.3 is 0 Å². The van der Waals surface area contributed by atoms with Gasteiger partial charge in [0.15, 0.2) is 0 Å². The summed E-state index contributed by atoms with van der Waals surface area (Å²) >= 11 is 0. The van der Waals surface area contributed by atoms with E-state index in [1.807, 2.05) is 24.3 Å². The summed E-state index contributed by atoms with van der Waals surface area (Å²) in [6, 6.07) is 25.5. The number of ether oxygens (including phenoxy) is 1. The van der Waals surface area contributed by atoms with Crippen LogP contribution >= 0.6 is 0 Å². The second-order valence-corrected chi connectivity index (χ2v) is 7.17. The van der Waals surface area contributed by atoms with Crippen LogP contribution in [-0.2, 0) is 0 Å². The van der Waals surface area contributed by atoms with Crippen LogP contribution in [0.25, 0.3) is 11.1 Å². The molecular weight excluding hydrogens is 414 g/mol. The summed E-state index contributed by atoms with van der Waals surface area (Å²) in [4.78, 5) is 8.65. The lowest BCUT2D eigenvalue weighted by Gasteiger charge is -2.16. The van der Waals surface area contributed by atoms with Crippen LogP contribution in [0.3, 0.4) is 0 Å². The Bertz CT molecular complexity index is 1350. The molecule has 0 bridgehead atoms. The lowest BCUT2D eigenvalue weighted by atomic mass is 9.98. The quantitative estimate of drug-likeness (QED) is 0.452. The van der Waals surface area contributed by atoms with E-state index in [-0.39, 0.29) is 0 Å². The van der Waals surface area contributed by atoms with Gasteiger partial charge in [-0.2, -0.15) is 10.5 Å². The highest BCUT2D eigenvalue weighted by Crippen LogP contribution is 2.33. The minimum atomic E-state index is -1.03. The zero-order valence-electron chi connectivity index (χ0n) is 17.7. The minimum absolute atomic E-state index is 0.324. The Morgan fingerprint density at radius 2 is 1.52 bits per heavy atom. The van der Waals surface area contributed by atoms with E-state index < -0.39 is 6.10 Å². The minimum Gasteiger partial charge on any atom is -0.496 e. The molecule has 3 aromatic carbocycles. The van der Waals surface area contributed by atoms with Crippen molar-refractivity contribution in [2.24, 2.45) is 0 Å². The summed E-state index contributed by atoms with van der Waals surface area (Å²) in [5.41, 5.74) is 4.69. The lowest BCUT2D eigenvalue weighted by Crippen LogP contribution is -2.07. The van der Waals surface area contributed by atoms with E-state index in [4.69, 9.17) is 15.3 Å². The number of methoxy groups -OCH3 is 1. The van der Waals surface area contributed by atoms with Crippen molar-refractivity contribution in [1.82, 2.24) is 9.97 Å². The van der Waals surface area contributed by atoms with Crippen molar-refractivity contribution in [1.29, 1.82) is 10.5 Å². The van der Waals surface area contributed by atoms with Gasteiger partial charge in [0, 0.05) is 17.4 Å². The summed E-state index contributed by atoms with van der Waals surface area (Å²) < 4.78 is 5.55. The van der Waals surface area contributed by atoms with Crippen molar-refractivity contribution < 1.29 is 9.84 Å². The molecule has 7 nitrogen and oxygen atoms in total.